The van der Waals surface area contributed by atoms with Crippen LogP contribution in [-0.2, 0) is 11.2 Å². The van der Waals surface area contributed by atoms with Crippen molar-refractivity contribution in [1.29, 1.82) is 0 Å². The summed E-state index contributed by atoms with van der Waals surface area (Å²) in [6, 6.07) is 4.67. The molecule has 0 spiro atoms. The van der Waals surface area contributed by atoms with Gasteiger partial charge in [0.1, 0.15) is 0 Å². The second-order valence-electron chi connectivity index (χ2n) is 5.69. The number of aromatic nitrogens is 1. The Balaban J connectivity index is 2.25. The van der Waals surface area contributed by atoms with Gasteiger partial charge in [-0.1, -0.05) is 26.3 Å². The Kier molecular flexibility index (Phi) is 5.99. The fraction of sp³-hybridized carbons (Fsp3) is 0.706. The van der Waals surface area contributed by atoms with Gasteiger partial charge in [-0.3, -0.25) is 4.98 Å². The highest BCUT2D eigenvalue weighted by atomic mass is 16.5. The lowest BCUT2D eigenvalue weighted by molar-refractivity contribution is 0.0495. The number of hydrogen-bond acceptors (Lipinski definition) is 3. The third-order valence-electron chi connectivity index (χ3n) is 4.39. The minimum absolute atomic E-state index is 0.276. The van der Waals surface area contributed by atoms with Crippen LogP contribution < -0.4 is 5.32 Å². The van der Waals surface area contributed by atoms with Crippen LogP contribution in [0.5, 0.6) is 0 Å². The van der Waals surface area contributed by atoms with E-state index in [1.165, 1.54) is 30.5 Å². The lowest BCUT2D eigenvalue weighted by Crippen LogP contribution is -2.46. The molecule has 3 unspecified atom stereocenters. The summed E-state index contributed by atoms with van der Waals surface area (Å²) in [6.45, 7) is 5.38. The molecule has 0 aliphatic heterocycles. The monoisotopic (exact) mass is 276 g/mol. The van der Waals surface area contributed by atoms with Crippen molar-refractivity contribution in [3.63, 3.8) is 0 Å². The Labute approximate surface area is 123 Å². The number of hydrogen-bond donors (Lipinski definition) is 1. The van der Waals surface area contributed by atoms with Crippen LogP contribution in [-0.4, -0.2) is 30.8 Å². The van der Waals surface area contributed by atoms with E-state index < -0.39 is 0 Å². The van der Waals surface area contributed by atoms with Crippen LogP contribution >= 0.6 is 0 Å². The van der Waals surface area contributed by atoms with Crippen LogP contribution in [0, 0.1) is 0 Å². The van der Waals surface area contributed by atoms with Crippen molar-refractivity contribution in [3.8, 4) is 0 Å². The van der Waals surface area contributed by atoms with Crippen molar-refractivity contribution in [2.45, 2.75) is 64.0 Å². The summed E-state index contributed by atoms with van der Waals surface area (Å²) in [4.78, 5) is 4.69. The number of aryl methyl sites for hydroxylation is 1. The number of fused-ring (bicyclic) bond motifs is 1. The SMILES string of the molecule is CCCC(OC)C(NCC)C1CCCc2cccnc21. The van der Waals surface area contributed by atoms with Crippen LogP contribution in [0.2, 0.25) is 0 Å². The summed E-state index contributed by atoms with van der Waals surface area (Å²) in [5.41, 5.74) is 2.72. The first-order valence-corrected chi connectivity index (χ1v) is 8.01. The van der Waals surface area contributed by atoms with Crippen molar-refractivity contribution in [2.24, 2.45) is 0 Å². The Bertz CT molecular complexity index is 408. The van der Waals surface area contributed by atoms with E-state index in [1.54, 1.807) is 0 Å². The van der Waals surface area contributed by atoms with Gasteiger partial charge in [0, 0.05) is 31.0 Å². The van der Waals surface area contributed by atoms with Crippen LogP contribution in [0.4, 0.5) is 0 Å². The number of methoxy groups -OCH3 is 1. The van der Waals surface area contributed by atoms with Gasteiger partial charge in [0.15, 0.2) is 0 Å². The van der Waals surface area contributed by atoms with E-state index in [4.69, 9.17) is 4.74 Å². The van der Waals surface area contributed by atoms with E-state index in [2.05, 4.69) is 36.3 Å². The van der Waals surface area contributed by atoms with Crippen molar-refractivity contribution in [2.75, 3.05) is 13.7 Å². The highest BCUT2D eigenvalue weighted by molar-refractivity contribution is 5.27. The molecule has 1 aromatic heterocycles. The number of rotatable bonds is 7. The van der Waals surface area contributed by atoms with Crippen molar-refractivity contribution in [1.82, 2.24) is 10.3 Å². The molecular weight excluding hydrogens is 248 g/mol. The van der Waals surface area contributed by atoms with E-state index in [9.17, 15) is 0 Å². The first-order valence-electron chi connectivity index (χ1n) is 8.01. The van der Waals surface area contributed by atoms with Gasteiger partial charge >= 0.3 is 0 Å². The maximum Gasteiger partial charge on any atom is 0.0730 e. The molecule has 0 amide bonds. The minimum atomic E-state index is 0.276. The number of nitrogens with one attached hydrogen (secondary N) is 1. The summed E-state index contributed by atoms with van der Waals surface area (Å²) in [5.74, 6) is 0.483. The lowest BCUT2D eigenvalue weighted by Gasteiger charge is -2.36. The quantitative estimate of drug-likeness (QED) is 0.829. The fourth-order valence-corrected chi connectivity index (χ4v) is 3.49. The molecule has 20 heavy (non-hydrogen) atoms. The molecule has 0 saturated carbocycles. The maximum atomic E-state index is 5.78. The molecule has 1 aliphatic rings. The summed E-state index contributed by atoms with van der Waals surface area (Å²) in [5, 5.41) is 3.66. The van der Waals surface area contributed by atoms with Gasteiger partial charge in [0.2, 0.25) is 0 Å². The lowest BCUT2D eigenvalue weighted by atomic mass is 9.79. The number of nitrogens with zero attached hydrogens (tertiary/aromatic N) is 1. The van der Waals surface area contributed by atoms with Gasteiger partial charge in [-0.2, -0.15) is 0 Å². The van der Waals surface area contributed by atoms with E-state index in [-0.39, 0.29) is 6.10 Å². The molecule has 3 heteroatoms. The Morgan fingerprint density at radius 3 is 3.00 bits per heavy atom. The molecule has 1 aliphatic carbocycles. The Morgan fingerprint density at radius 2 is 2.30 bits per heavy atom. The largest absolute Gasteiger partial charge is 0.380 e. The summed E-state index contributed by atoms with van der Waals surface area (Å²) in [6.07, 6.45) is 8.11. The molecule has 2 rings (SSSR count). The van der Waals surface area contributed by atoms with Crippen LogP contribution in [0.15, 0.2) is 18.3 Å². The van der Waals surface area contributed by atoms with Gasteiger partial charge in [-0.05, 0) is 43.9 Å². The zero-order chi connectivity index (χ0) is 14.4. The minimum Gasteiger partial charge on any atom is -0.380 e. The standard InChI is InChI=1S/C17H28N2O/c1-4-8-15(20-3)17(18-5-2)14-11-6-9-13-10-7-12-19-16(13)14/h7,10,12,14-15,17-18H,4-6,8-9,11H2,1-3H3. The molecule has 112 valence electrons. The zero-order valence-electron chi connectivity index (χ0n) is 13.1. The Morgan fingerprint density at radius 1 is 1.45 bits per heavy atom. The second-order valence-corrected chi connectivity index (χ2v) is 5.69. The van der Waals surface area contributed by atoms with Crippen LogP contribution in [0.1, 0.15) is 56.7 Å². The normalized spacial score (nSPS) is 21.2. The molecule has 1 aromatic rings. The van der Waals surface area contributed by atoms with Gasteiger partial charge < -0.3 is 10.1 Å². The highest BCUT2D eigenvalue weighted by Crippen LogP contribution is 2.34. The molecule has 0 saturated heterocycles. The van der Waals surface area contributed by atoms with E-state index in [0.29, 0.717) is 12.0 Å². The zero-order valence-corrected chi connectivity index (χ0v) is 13.1. The van der Waals surface area contributed by atoms with Crippen molar-refractivity contribution >= 4 is 0 Å². The third-order valence-corrected chi connectivity index (χ3v) is 4.39. The predicted octanol–water partition coefficient (Wildman–Crippen LogP) is 3.29. The van der Waals surface area contributed by atoms with Gasteiger partial charge in [-0.25, -0.2) is 0 Å². The van der Waals surface area contributed by atoms with E-state index >= 15 is 0 Å². The van der Waals surface area contributed by atoms with Gasteiger partial charge in [0.25, 0.3) is 0 Å². The smallest absolute Gasteiger partial charge is 0.0730 e. The molecule has 1 heterocycles. The fourth-order valence-electron chi connectivity index (χ4n) is 3.49. The molecule has 0 aromatic carbocycles. The van der Waals surface area contributed by atoms with Gasteiger partial charge in [0.05, 0.1) is 6.10 Å². The first kappa shape index (κ1) is 15.5. The average molecular weight is 276 g/mol. The third kappa shape index (κ3) is 3.39. The summed E-state index contributed by atoms with van der Waals surface area (Å²) in [7, 11) is 1.84. The highest BCUT2D eigenvalue weighted by Gasteiger charge is 2.33. The van der Waals surface area contributed by atoms with Crippen LogP contribution in [0.3, 0.4) is 0 Å². The van der Waals surface area contributed by atoms with Gasteiger partial charge in [-0.15, -0.1) is 0 Å². The van der Waals surface area contributed by atoms with Crippen molar-refractivity contribution < 1.29 is 4.74 Å². The number of pyridine rings is 1. The number of likely N-dealkylation sites (N-methyl/N-ethyl adjacent to an activating group) is 1. The summed E-state index contributed by atoms with van der Waals surface area (Å²) >= 11 is 0. The number of ether oxygens (including phenoxy) is 1. The second kappa shape index (κ2) is 7.75. The van der Waals surface area contributed by atoms with Crippen molar-refractivity contribution in [3.05, 3.63) is 29.6 Å². The topological polar surface area (TPSA) is 34.1 Å². The molecule has 0 bridgehead atoms. The molecule has 3 nitrogen and oxygen atoms in total. The predicted molar refractivity (Wildman–Crippen MR) is 83.1 cm³/mol. The van der Waals surface area contributed by atoms with Crippen LogP contribution in [0.25, 0.3) is 0 Å². The molecule has 1 N–H and O–H groups in total. The van der Waals surface area contributed by atoms with E-state index in [1.807, 2.05) is 13.3 Å². The Hall–Kier alpha value is -0.930. The van der Waals surface area contributed by atoms with E-state index in [0.717, 1.165) is 19.4 Å². The average Bonchev–Trinajstić information content (AvgIpc) is 2.50. The molecule has 3 atom stereocenters. The molecule has 0 radical (unpaired) electrons. The molecular formula is C17H28N2O. The maximum absolute atomic E-state index is 5.78. The first-order chi connectivity index (χ1) is 9.81. The summed E-state index contributed by atoms with van der Waals surface area (Å²) < 4.78 is 5.78. The molecule has 0 fully saturated rings.